The highest BCUT2D eigenvalue weighted by atomic mass is 79.9. The Morgan fingerprint density at radius 1 is 1.12 bits per heavy atom. The van der Waals surface area contributed by atoms with Gasteiger partial charge in [-0.1, -0.05) is 15.9 Å². The third kappa shape index (κ3) is 9.03. The van der Waals surface area contributed by atoms with Crippen molar-refractivity contribution in [3.8, 4) is 0 Å². The summed E-state index contributed by atoms with van der Waals surface area (Å²) in [6.07, 6.45) is -3.03. The summed E-state index contributed by atoms with van der Waals surface area (Å²) >= 11 is 3.26. The van der Waals surface area contributed by atoms with Crippen LogP contribution in [-0.4, -0.2) is 29.7 Å². The summed E-state index contributed by atoms with van der Waals surface area (Å²) in [5.41, 5.74) is -1.25. The predicted molar refractivity (Wildman–Crippen MR) is 98.3 cm³/mol. The average Bonchev–Trinajstić information content (AvgIpc) is 2.38. The molecule has 1 aromatic carbocycles. The first-order valence-corrected chi connectivity index (χ1v) is 8.87. The van der Waals surface area contributed by atoms with Crippen molar-refractivity contribution in [3.05, 3.63) is 34.1 Å². The van der Waals surface area contributed by atoms with Gasteiger partial charge in [-0.25, -0.2) is 14.0 Å². The fraction of sp³-hybridized carbons (Fsp3) is 0.556. The van der Waals surface area contributed by atoms with Crippen molar-refractivity contribution in [2.75, 3.05) is 0 Å². The molecule has 8 heteroatoms. The Balaban J connectivity index is 2.91. The Kier molecular flexibility index (Phi) is 7.44. The zero-order chi connectivity index (χ0) is 20.1. The SMILES string of the molecule is CC(C)(C)OC(=O)N[C@H](Cc1cc(Br)ccc1F)OC(=O)OC(C)(C)C. The first kappa shape index (κ1) is 22.2. The molecule has 6 nitrogen and oxygen atoms in total. The quantitative estimate of drug-likeness (QED) is 0.537. The van der Waals surface area contributed by atoms with Gasteiger partial charge < -0.3 is 14.2 Å². The van der Waals surface area contributed by atoms with E-state index >= 15 is 0 Å². The maximum absolute atomic E-state index is 14.0. The molecule has 146 valence electrons. The molecule has 1 amide bonds. The molecule has 0 unspecified atom stereocenters. The van der Waals surface area contributed by atoms with Gasteiger partial charge in [-0.15, -0.1) is 0 Å². The first-order valence-electron chi connectivity index (χ1n) is 8.08. The summed E-state index contributed by atoms with van der Waals surface area (Å²) in [6, 6.07) is 4.36. The molecule has 0 heterocycles. The Hall–Kier alpha value is -1.83. The minimum absolute atomic E-state index is 0.0935. The number of nitrogens with one attached hydrogen (secondary N) is 1. The Morgan fingerprint density at radius 3 is 2.23 bits per heavy atom. The van der Waals surface area contributed by atoms with Gasteiger partial charge in [-0.3, -0.25) is 5.32 Å². The summed E-state index contributed by atoms with van der Waals surface area (Å²) in [4.78, 5) is 23.9. The van der Waals surface area contributed by atoms with Crippen LogP contribution >= 0.6 is 15.9 Å². The van der Waals surface area contributed by atoms with Crippen molar-refractivity contribution in [2.45, 2.75) is 65.4 Å². The lowest BCUT2D eigenvalue weighted by Gasteiger charge is -2.25. The van der Waals surface area contributed by atoms with Crippen LogP contribution in [0.2, 0.25) is 0 Å². The van der Waals surface area contributed by atoms with Gasteiger partial charge in [-0.2, -0.15) is 0 Å². The normalized spacial score (nSPS) is 12.9. The molecule has 1 rings (SSSR count). The van der Waals surface area contributed by atoms with Crippen LogP contribution in [0.25, 0.3) is 0 Å². The van der Waals surface area contributed by atoms with Gasteiger partial charge in [0.05, 0.1) is 0 Å². The standard InChI is InChI=1S/C18H25BrFNO5/c1-17(2,3)25-15(22)21-14(24-16(23)26-18(4,5)6)10-11-9-12(19)7-8-13(11)20/h7-9,14H,10H2,1-6H3,(H,21,22)/t14-/m0/s1. The van der Waals surface area contributed by atoms with Crippen LogP contribution in [0.4, 0.5) is 14.0 Å². The van der Waals surface area contributed by atoms with Crippen molar-refractivity contribution in [3.63, 3.8) is 0 Å². The molecular weight excluding hydrogens is 409 g/mol. The minimum Gasteiger partial charge on any atom is -0.444 e. The van der Waals surface area contributed by atoms with Gasteiger partial charge in [0.2, 0.25) is 0 Å². The Bertz CT molecular complexity index is 622. The number of hydrogen-bond donors (Lipinski definition) is 1. The smallest absolute Gasteiger partial charge is 0.444 e. The highest BCUT2D eigenvalue weighted by molar-refractivity contribution is 9.10. The zero-order valence-electron chi connectivity index (χ0n) is 15.8. The van der Waals surface area contributed by atoms with Crippen molar-refractivity contribution in [1.29, 1.82) is 0 Å². The van der Waals surface area contributed by atoms with E-state index in [4.69, 9.17) is 14.2 Å². The number of ether oxygens (including phenoxy) is 3. The summed E-state index contributed by atoms with van der Waals surface area (Å²) in [5.74, 6) is -0.489. The number of alkyl carbamates (subject to hydrolysis) is 1. The van der Waals surface area contributed by atoms with E-state index in [-0.39, 0.29) is 12.0 Å². The van der Waals surface area contributed by atoms with Crippen molar-refractivity contribution >= 4 is 28.2 Å². The van der Waals surface area contributed by atoms with E-state index in [0.717, 1.165) is 0 Å². The van der Waals surface area contributed by atoms with E-state index in [1.165, 1.54) is 12.1 Å². The number of benzene rings is 1. The van der Waals surface area contributed by atoms with Gasteiger partial charge in [0.1, 0.15) is 17.0 Å². The molecule has 0 saturated heterocycles. The largest absolute Gasteiger partial charge is 0.510 e. The predicted octanol–water partition coefficient (Wildman–Crippen LogP) is 4.93. The molecule has 0 spiro atoms. The van der Waals surface area contributed by atoms with Crippen LogP contribution in [0, 0.1) is 5.82 Å². The van der Waals surface area contributed by atoms with Crippen LogP contribution in [0.3, 0.4) is 0 Å². The minimum atomic E-state index is -1.16. The van der Waals surface area contributed by atoms with Crippen LogP contribution in [-0.2, 0) is 20.6 Å². The molecule has 0 radical (unpaired) electrons. The summed E-state index contributed by atoms with van der Waals surface area (Å²) < 4.78 is 30.1. The number of rotatable bonds is 4. The molecule has 1 atom stereocenters. The fourth-order valence-electron chi connectivity index (χ4n) is 1.85. The zero-order valence-corrected chi connectivity index (χ0v) is 17.4. The molecule has 0 aliphatic rings. The molecule has 0 fully saturated rings. The van der Waals surface area contributed by atoms with E-state index in [2.05, 4.69) is 21.2 Å². The highest BCUT2D eigenvalue weighted by Crippen LogP contribution is 2.18. The maximum atomic E-state index is 14.0. The van der Waals surface area contributed by atoms with Gasteiger partial charge in [0.15, 0.2) is 6.23 Å². The molecule has 0 saturated carbocycles. The lowest BCUT2D eigenvalue weighted by molar-refractivity contribution is -0.0356. The summed E-state index contributed by atoms with van der Waals surface area (Å²) in [5, 5.41) is 2.42. The topological polar surface area (TPSA) is 73.9 Å². The van der Waals surface area contributed by atoms with Crippen molar-refractivity contribution in [1.82, 2.24) is 5.32 Å². The Morgan fingerprint density at radius 2 is 1.69 bits per heavy atom. The molecule has 26 heavy (non-hydrogen) atoms. The number of hydrogen-bond acceptors (Lipinski definition) is 5. The summed E-state index contributed by atoms with van der Waals surface area (Å²) in [6.45, 7) is 10.1. The molecule has 0 aromatic heterocycles. The summed E-state index contributed by atoms with van der Waals surface area (Å²) in [7, 11) is 0. The van der Waals surface area contributed by atoms with Crippen molar-refractivity contribution < 1.29 is 28.2 Å². The van der Waals surface area contributed by atoms with Crippen LogP contribution < -0.4 is 5.32 Å². The van der Waals surface area contributed by atoms with Gasteiger partial charge in [0.25, 0.3) is 0 Å². The molecule has 0 bridgehead atoms. The lowest BCUT2D eigenvalue weighted by atomic mass is 10.1. The number of halogens is 2. The molecule has 1 aromatic rings. The molecule has 1 N–H and O–H groups in total. The van der Waals surface area contributed by atoms with Gasteiger partial charge in [0, 0.05) is 10.9 Å². The molecule has 0 aliphatic heterocycles. The molecule has 0 aliphatic carbocycles. The second-order valence-corrected chi connectivity index (χ2v) is 8.57. The van der Waals surface area contributed by atoms with E-state index in [0.29, 0.717) is 4.47 Å². The van der Waals surface area contributed by atoms with E-state index < -0.39 is 35.5 Å². The second kappa shape index (κ2) is 8.70. The average molecular weight is 434 g/mol. The second-order valence-electron chi connectivity index (χ2n) is 7.66. The third-order valence-electron chi connectivity index (χ3n) is 2.72. The van der Waals surface area contributed by atoms with Crippen molar-refractivity contribution in [2.24, 2.45) is 0 Å². The lowest BCUT2D eigenvalue weighted by Crippen LogP contribution is -2.43. The number of carbonyl (C=O) groups excluding carboxylic acids is 2. The monoisotopic (exact) mass is 433 g/mol. The first-order chi connectivity index (χ1) is 11.7. The van der Waals surface area contributed by atoms with Crippen LogP contribution in [0.5, 0.6) is 0 Å². The maximum Gasteiger partial charge on any atom is 0.510 e. The van der Waals surface area contributed by atoms with Gasteiger partial charge >= 0.3 is 12.2 Å². The fourth-order valence-corrected chi connectivity index (χ4v) is 2.26. The number of carbonyl (C=O) groups is 2. The highest BCUT2D eigenvalue weighted by Gasteiger charge is 2.26. The Labute approximate surface area is 161 Å². The van der Waals surface area contributed by atoms with E-state index in [1.807, 2.05) is 0 Å². The van der Waals surface area contributed by atoms with E-state index in [1.54, 1.807) is 47.6 Å². The third-order valence-corrected chi connectivity index (χ3v) is 3.21. The van der Waals surface area contributed by atoms with E-state index in [9.17, 15) is 14.0 Å². The molecular formula is C18H25BrFNO5. The van der Waals surface area contributed by atoms with Crippen LogP contribution in [0.1, 0.15) is 47.1 Å². The van der Waals surface area contributed by atoms with Gasteiger partial charge in [-0.05, 0) is 65.3 Å². The van der Waals surface area contributed by atoms with Crippen LogP contribution in [0.15, 0.2) is 22.7 Å². The number of amides is 1.